The molecule has 2 aliphatic rings. The summed E-state index contributed by atoms with van der Waals surface area (Å²) >= 11 is 3.47. The van der Waals surface area contributed by atoms with Crippen molar-refractivity contribution in [1.82, 2.24) is 5.32 Å². The van der Waals surface area contributed by atoms with Crippen molar-refractivity contribution in [2.75, 3.05) is 6.61 Å². The molecule has 154 valence electrons. The number of allylic oxidation sites excluding steroid dienone is 3. The van der Waals surface area contributed by atoms with Gasteiger partial charge in [0.05, 0.1) is 12.2 Å². The quantitative estimate of drug-likeness (QED) is 0.616. The van der Waals surface area contributed by atoms with Gasteiger partial charge in [0, 0.05) is 40.2 Å². The highest BCUT2D eigenvalue weighted by Gasteiger charge is 2.39. The molecule has 30 heavy (non-hydrogen) atoms. The highest BCUT2D eigenvalue weighted by Crippen LogP contribution is 2.42. The van der Waals surface area contributed by atoms with Crippen LogP contribution in [0.4, 0.5) is 0 Å². The summed E-state index contributed by atoms with van der Waals surface area (Å²) in [5.41, 5.74) is 4.99. The van der Waals surface area contributed by atoms with Gasteiger partial charge >= 0.3 is 5.97 Å². The Kier molecular flexibility index (Phi) is 6.18. The highest BCUT2D eigenvalue weighted by molar-refractivity contribution is 9.10. The molecule has 1 aliphatic heterocycles. The van der Waals surface area contributed by atoms with Gasteiger partial charge in [-0.3, -0.25) is 4.79 Å². The van der Waals surface area contributed by atoms with Crippen LogP contribution in [0.1, 0.15) is 43.2 Å². The van der Waals surface area contributed by atoms with Crippen molar-refractivity contribution >= 4 is 27.7 Å². The number of rotatable bonds is 5. The van der Waals surface area contributed by atoms with E-state index in [-0.39, 0.29) is 11.8 Å². The molecule has 1 heterocycles. The van der Waals surface area contributed by atoms with E-state index in [1.165, 1.54) is 0 Å². The van der Waals surface area contributed by atoms with Gasteiger partial charge in [0.2, 0.25) is 0 Å². The Hall–Kier alpha value is -2.66. The first-order chi connectivity index (χ1) is 14.5. The Morgan fingerprint density at radius 2 is 1.83 bits per heavy atom. The average Bonchev–Trinajstić information content (AvgIpc) is 2.74. The van der Waals surface area contributed by atoms with Gasteiger partial charge in [0.15, 0.2) is 5.78 Å². The van der Waals surface area contributed by atoms with Gasteiger partial charge in [-0.25, -0.2) is 4.79 Å². The van der Waals surface area contributed by atoms with E-state index in [2.05, 4.69) is 21.2 Å². The number of ether oxygens (including phenoxy) is 1. The zero-order valence-corrected chi connectivity index (χ0v) is 18.5. The van der Waals surface area contributed by atoms with E-state index in [4.69, 9.17) is 4.74 Å². The first-order valence-electron chi connectivity index (χ1n) is 10.2. The first-order valence-corrected chi connectivity index (χ1v) is 11.0. The molecule has 0 spiro atoms. The van der Waals surface area contributed by atoms with Gasteiger partial charge in [0.1, 0.15) is 0 Å². The van der Waals surface area contributed by atoms with E-state index in [1.54, 1.807) is 0 Å². The van der Waals surface area contributed by atoms with E-state index in [0.29, 0.717) is 30.6 Å². The lowest BCUT2D eigenvalue weighted by atomic mass is 9.75. The predicted octanol–water partition coefficient (Wildman–Crippen LogP) is 5.20. The van der Waals surface area contributed by atoms with E-state index in [9.17, 15) is 9.59 Å². The molecule has 1 N–H and O–H groups in total. The Morgan fingerprint density at radius 3 is 2.57 bits per heavy atom. The molecule has 0 fully saturated rings. The van der Waals surface area contributed by atoms with Crippen LogP contribution in [0, 0.1) is 0 Å². The number of hydrogen-bond donors (Lipinski definition) is 1. The summed E-state index contributed by atoms with van der Waals surface area (Å²) in [4.78, 5) is 26.0. The number of hydrogen-bond acceptors (Lipinski definition) is 4. The van der Waals surface area contributed by atoms with Gasteiger partial charge in [-0.1, -0.05) is 58.4 Å². The van der Waals surface area contributed by atoms with E-state index in [1.807, 2.05) is 61.5 Å². The number of ketones is 1. The summed E-state index contributed by atoms with van der Waals surface area (Å²) in [7, 11) is 0. The standard InChI is InChI=1S/C25H24BrNO3/c1-16-22(25(29)30-15-14-17-6-3-2-4-7-17)23(18-10-12-19(26)13-11-18)24-20(27-16)8-5-9-21(24)28/h2-4,6-7,10-13,23,27H,5,8-9,14-15H2,1H3/t23-/m1/s1. The fourth-order valence-corrected chi connectivity index (χ4v) is 4.49. The molecule has 2 aromatic carbocycles. The SMILES string of the molecule is CC1=C(C(=O)OCCc2ccccc2)[C@@H](c2ccc(Br)cc2)C2=C(CCCC2=O)N1. The number of esters is 1. The van der Waals surface area contributed by atoms with Crippen molar-refractivity contribution in [3.63, 3.8) is 0 Å². The molecule has 4 nitrogen and oxygen atoms in total. The molecule has 2 aromatic rings. The van der Waals surface area contributed by atoms with Gasteiger partial charge in [0.25, 0.3) is 0 Å². The Labute approximate surface area is 185 Å². The van der Waals surface area contributed by atoms with Crippen LogP contribution >= 0.6 is 15.9 Å². The zero-order valence-electron chi connectivity index (χ0n) is 16.9. The molecule has 0 radical (unpaired) electrons. The first kappa shape index (κ1) is 20.6. The van der Waals surface area contributed by atoms with Gasteiger partial charge < -0.3 is 10.1 Å². The third kappa shape index (κ3) is 4.26. The molecule has 0 saturated heterocycles. The largest absolute Gasteiger partial charge is 0.462 e. The van der Waals surface area contributed by atoms with Gasteiger partial charge in [-0.05, 0) is 43.0 Å². The smallest absolute Gasteiger partial charge is 0.336 e. The normalized spacial score (nSPS) is 18.7. The van der Waals surface area contributed by atoms with Gasteiger partial charge in [-0.2, -0.15) is 0 Å². The molecule has 1 atom stereocenters. The highest BCUT2D eigenvalue weighted by atomic mass is 79.9. The Balaban J connectivity index is 1.63. The van der Waals surface area contributed by atoms with Crippen molar-refractivity contribution < 1.29 is 14.3 Å². The van der Waals surface area contributed by atoms with Crippen molar-refractivity contribution in [3.05, 3.63) is 92.7 Å². The number of dihydropyridines is 1. The summed E-state index contributed by atoms with van der Waals surface area (Å²) in [6, 6.07) is 17.8. The van der Waals surface area contributed by atoms with E-state index < -0.39 is 5.92 Å². The van der Waals surface area contributed by atoms with E-state index in [0.717, 1.165) is 39.8 Å². The van der Waals surface area contributed by atoms with Crippen LogP contribution in [0.3, 0.4) is 0 Å². The minimum atomic E-state index is -0.397. The number of nitrogens with one attached hydrogen (secondary N) is 1. The maximum absolute atomic E-state index is 13.2. The minimum Gasteiger partial charge on any atom is -0.462 e. The summed E-state index contributed by atoms with van der Waals surface area (Å²) in [5, 5.41) is 3.33. The maximum atomic E-state index is 13.2. The van der Waals surface area contributed by atoms with Crippen LogP contribution in [-0.2, 0) is 20.7 Å². The molecule has 4 rings (SSSR count). The second-order valence-electron chi connectivity index (χ2n) is 7.69. The fourth-order valence-electron chi connectivity index (χ4n) is 4.23. The maximum Gasteiger partial charge on any atom is 0.336 e. The molecular formula is C25H24BrNO3. The summed E-state index contributed by atoms with van der Waals surface area (Å²) in [5.74, 6) is -0.654. The van der Waals surface area contributed by atoms with Crippen LogP contribution < -0.4 is 5.32 Å². The van der Waals surface area contributed by atoms with Gasteiger partial charge in [-0.15, -0.1) is 0 Å². The lowest BCUT2D eigenvalue weighted by Crippen LogP contribution is -2.34. The average molecular weight is 466 g/mol. The molecule has 5 heteroatoms. The number of carbonyl (C=O) groups is 2. The van der Waals surface area contributed by atoms with Crippen molar-refractivity contribution in [3.8, 4) is 0 Å². The third-order valence-corrected chi connectivity index (χ3v) is 6.19. The summed E-state index contributed by atoms with van der Waals surface area (Å²) in [6.07, 6.45) is 2.83. The molecular weight excluding hydrogens is 442 g/mol. The van der Waals surface area contributed by atoms with Crippen LogP contribution in [0.15, 0.2) is 81.6 Å². The predicted molar refractivity (Wildman–Crippen MR) is 120 cm³/mol. The number of halogens is 1. The minimum absolute atomic E-state index is 0.110. The van der Waals surface area contributed by atoms with Crippen LogP contribution in [0.5, 0.6) is 0 Å². The topological polar surface area (TPSA) is 55.4 Å². The lowest BCUT2D eigenvalue weighted by Gasteiger charge is -2.34. The molecule has 0 saturated carbocycles. The molecule has 0 bridgehead atoms. The second-order valence-corrected chi connectivity index (χ2v) is 8.60. The fraction of sp³-hybridized carbons (Fsp3) is 0.280. The monoisotopic (exact) mass is 465 g/mol. The van der Waals surface area contributed by atoms with E-state index >= 15 is 0 Å². The van der Waals surface area contributed by atoms with Crippen molar-refractivity contribution in [2.24, 2.45) is 0 Å². The molecule has 1 aliphatic carbocycles. The lowest BCUT2D eigenvalue weighted by molar-refractivity contribution is -0.139. The second kappa shape index (κ2) is 9.00. The Bertz CT molecular complexity index is 1020. The zero-order chi connectivity index (χ0) is 21.1. The van der Waals surface area contributed by atoms with Crippen LogP contribution in [-0.4, -0.2) is 18.4 Å². The summed E-state index contributed by atoms with van der Waals surface area (Å²) < 4.78 is 6.62. The molecule has 0 aromatic heterocycles. The van der Waals surface area contributed by atoms with Crippen LogP contribution in [0.2, 0.25) is 0 Å². The number of benzene rings is 2. The summed E-state index contributed by atoms with van der Waals surface area (Å²) in [6.45, 7) is 2.19. The third-order valence-electron chi connectivity index (χ3n) is 5.67. The number of Topliss-reactive ketones (excluding diaryl/α,β-unsaturated/α-hetero) is 1. The molecule has 0 amide bonds. The van der Waals surface area contributed by atoms with Crippen molar-refractivity contribution in [2.45, 2.75) is 38.5 Å². The molecule has 0 unspecified atom stereocenters. The number of carbonyl (C=O) groups excluding carboxylic acids is 2. The van der Waals surface area contributed by atoms with Crippen molar-refractivity contribution in [1.29, 1.82) is 0 Å². The Morgan fingerprint density at radius 1 is 1.10 bits per heavy atom. The van der Waals surface area contributed by atoms with Crippen LogP contribution in [0.25, 0.3) is 0 Å².